The molecule has 1 N–H and O–H groups in total. The minimum Gasteiger partial charge on any atom is -0.382 e. The smallest absolute Gasteiger partial charge is 0.0342 e. The Morgan fingerprint density at radius 3 is 2.53 bits per heavy atom. The van der Waals surface area contributed by atoms with Gasteiger partial charge in [0.15, 0.2) is 0 Å². The van der Waals surface area contributed by atoms with Crippen LogP contribution in [0, 0.1) is 12.8 Å². The maximum Gasteiger partial charge on any atom is 0.0342 e. The second kappa shape index (κ2) is 4.69. The molecule has 0 radical (unpaired) electrons. The van der Waals surface area contributed by atoms with E-state index in [9.17, 15) is 0 Å². The van der Waals surface area contributed by atoms with Gasteiger partial charge >= 0.3 is 0 Å². The first-order valence-corrected chi connectivity index (χ1v) is 6.07. The van der Waals surface area contributed by atoms with E-state index < -0.39 is 0 Å². The fourth-order valence-electron chi connectivity index (χ4n) is 2.45. The van der Waals surface area contributed by atoms with Crippen molar-refractivity contribution in [3.05, 3.63) is 29.8 Å². The van der Waals surface area contributed by atoms with Gasteiger partial charge in [-0.05, 0) is 37.8 Å². The lowest BCUT2D eigenvalue weighted by molar-refractivity contribution is 0.358. The summed E-state index contributed by atoms with van der Waals surface area (Å²) in [4.78, 5) is 0. The standard InChI is InChI=1S/C14H21N/c1-11-6-8-13(9-7-11)15-14-5-3-4-12(2)10-14/h6-9,12,14-15H,3-5,10H2,1-2H3. The Kier molecular flexibility index (Phi) is 3.30. The van der Waals surface area contributed by atoms with Gasteiger partial charge in [0, 0.05) is 11.7 Å². The van der Waals surface area contributed by atoms with E-state index >= 15 is 0 Å². The minimum absolute atomic E-state index is 0.691. The van der Waals surface area contributed by atoms with Crippen molar-refractivity contribution in [2.75, 3.05) is 5.32 Å². The molecule has 82 valence electrons. The van der Waals surface area contributed by atoms with E-state index in [1.165, 1.54) is 36.9 Å². The number of aryl methyl sites for hydroxylation is 1. The highest BCUT2D eigenvalue weighted by atomic mass is 14.9. The van der Waals surface area contributed by atoms with Crippen LogP contribution in [0.2, 0.25) is 0 Å². The molecule has 0 bridgehead atoms. The first kappa shape index (κ1) is 10.5. The van der Waals surface area contributed by atoms with Gasteiger partial charge in [0.05, 0.1) is 0 Å². The second-order valence-corrected chi connectivity index (χ2v) is 4.98. The van der Waals surface area contributed by atoms with E-state index in [1.807, 2.05) is 0 Å². The zero-order valence-corrected chi connectivity index (χ0v) is 9.79. The molecule has 1 saturated carbocycles. The summed E-state index contributed by atoms with van der Waals surface area (Å²) in [6, 6.07) is 9.42. The van der Waals surface area contributed by atoms with Crippen molar-refractivity contribution in [1.82, 2.24) is 0 Å². The predicted molar refractivity (Wildman–Crippen MR) is 66.2 cm³/mol. The average Bonchev–Trinajstić information content (AvgIpc) is 2.22. The summed E-state index contributed by atoms with van der Waals surface area (Å²) in [6.45, 7) is 4.50. The highest BCUT2D eigenvalue weighted by Gasteiger charge is 2.18. The molecule has 1 aliphatic carbocycles. The maximum absolute atomic E-state index is 3.64. The van der Waals surface area contributed by atoms with Crippen LogP contribution in [-0.4, -0.2) is 6.04 Å². The number of nitrogens with one attached hydrogen (secondary N) is 1. The number of rotatable bonds is 2. The van der Waals surface area contributed by atoms with Gasteiger partial charge in [0.2, 0.25) is 0 Å². The lowest BCUT2D eigenvalue weighted by atomic mass is 9.87. The third-order valence-electron chi connectivity index (χ3n) is 3.36. The van der Waals surface area contributed by atoms with Crippen molar-refractivity contribution in [3.63, 3.8) is 0 Å². The van der Waals surface area contributed by atoms with Gasteiger partial charge in [0.1, 0.15) is 0 Å². The van der Waals surface area contributed by atoms with Crippen molar-refractivity contribution in [2.24, 2.45) is 5.92 Å². The number of hydrogen-bond donors (Lipinski definition) is 1. The van der Waals surface area contributed by atoms with Gasteiger partial charge in [-0.2, -0.15) is 0 Å². The summed E-state index contributed by atoms with van der Waals surface area (Å²) < 4.78 is 0. The average molecular weight is 203 g/mol. The molecule has 1 aromatic rings. The van der Waals surface area contributed by atoms with E-state index in [4.69, 9.17) is 0 Å². The molecule has 1 nitrogen and oxygen atoms in total. The molecule has 1 aliphatic rings. The third-order valence-corrected chi connectivity index (χ3v) is 3.36. The lowest BCUT2D eigenvalue weighted by Gasteiger charge is -2.28. The monoisotopic (exact) mass is 203 g/mol. The highest BCUT2D eigenvalue weighted by Crippen LogP contribution is 2.26. The van der Waals surface area contributed by atoms with Crippen LogP contribution in [-0.2, 0) is 0 Å². The molecule has 0 aliphatic heterocycles. The van der Waals surface area contributed by atoms with Crippen molar-refractivity contribution in [1.29, 1.82) is 0 Å². The summed E-state index contributed by atoms with van der Waals surface area (Å²) in [6.07, 6.45) is 5.45. The van der Waals surface area contributed by atoms with Crippen LogP contribution in [0.1, 0.15) is 38.2 Å². The molecule has 0 heterocycles. The molecule has 2 rings (SSSR count). The fraction of sp³-hybridized carbons (Fsp3) is 0.571. The summed E-state index contributed by atoms with van der Waals surface area (Å²) in [5.74, 6) is 0.890. The molecule has 0 spiro atoms. The Morgan fingerprint density at radius 1 is 1.13 bits per heavy atom. The molecule has 1 fully saturated rings. The molecule has 0 aromatic heterocycles. The Morgan fingerprint density at radius 2 is 1.87 bits per heavy atom. The number of anilines is 1. The Balaban J connectivity index is 1.93. The van der Waals surface area contributed by atoms with Gasteiger partial charge in [-0.15, -0.1) is 0 Å². The zero-order valence-electron chi connectivity index (χ0n) is 9.79. The molecular formula is C14H21N. The van der Waals surface area contributed by atoms with Crippen LogP contribution in [0.3, 0.4) is 0 Å². The Bertz CT molecular complexity index is 302. The van der Waals surface area contributed by atoms with E-state index in [0.29, 0.717) is 6.04 Å². The summed E-state index contributed by atoms with van der Waals surface area (Å²) >= 11 is 0. The molecule has 1 aromatic carbocycles. The zero-order chi connectivity index (χ0) is 10.7. The molecular weight excluding hydrogens is 182 g/mol. The van der Waals surface area contributed by atoms with Crippen LogP contribution in [0.5, 0.6) is 0 Å². The first-order valence-electron chi connectivity index (χ1n) is 6.07. The van der Waals surface area contributed by atoms with Gasteiger partial charge in [0.25, 0.3) is 0 Å². The molecule has 2 unspecified atom stereocenters. The highest BCUT2D eigenvalue weighted by molar-refractivity contribution is 5.45. The predicted octanol–water partition coefficient (Wildman–Crippen LogP) is 3.99. The Hall–Kier alpha value is -0.980. The summed E-state index contributed by atoms with van der Waals surface area (Å²) in [5, 5.41) is 3.64. The SMILES string of the molecule is Cc1ccc(NC2CCCC(C)C2)cc1. The Labute approximate surface area is 92.9 Å². The fourth-order valence-corrected chi connectivity index (χ4v) is 2.45. The summed E-state index contributed by atoms with van der Waals surface area (Å²) in [7, 11) is 0. The van der Waals surface area contributed by atoms with E-state index in [2.05, 4.69) is 43.4 Å². The second-order valence-electron chi connectivity index (χ2n) is 4.98. The van der Waals surface area contributed by atoms with Crippen LogP contribution in [0.15, 0.2) is 24.3 Å². The van der Waals surface area contributed by atoms with Gasteiger partial charge in [-0.3, -0.25) is 0 Å². The van der Waals surface area contributed by atoms with Crippen LogP contribution in [0.4, 0.5) is 5.69 Å². The quantitative estimate of drug-likeness (QED) is 0.766. The minimum atomic E-state index is 0.691. The molecule has 15 heavy (non-hydrogen) atoms. The normalized spacial score (nSPS) is 26.3. The number of benzene rings is 1. The van der Waals surface area contributed by atoms with Gasteiger partial charge < -0.3 is 5.32 Å². The largest absolute Gasteiger partial charge is 0.382 e. The first-order chi connectivity index (χ1) is 7.24. The summed E-state index contributed by atoms with van der Waals surface area (Å²) in [5.41, 5.74) is 2.61. The van der Waals surface area contributed by atoms with Gasteiger partial charge in [-0.25, -0.2) is 0 Å². The molecule has 1 heteroatoms. The molecule has 0 amide bonds. The van der Waals surface area contributed by atoms with E-state index in [-0.39, 0.29) is 0 Å². The third kappa shape index (κ3) is 2.98. The van der Waals surface area contributed by atoms with Crippen LogP contribution >= 0.6 is 0 Å². The van der Waals surface area contributed by atoms with Crippen molar-refractivity contribution in [2.45, 2.75) is 45.6 Å². The lowest BCUT2D eigenvalue weighted by Crippen LogP contribution is -2.26. The van der Waals surface area contributed by atoms with Crippen molar-refractivity contribution < 1.29 is 0 Å². The van der Waals surface area contributed by atoms with Crippen molar-refractivity contribution in [3.8, 4) is 0 Å². The molecule has 2 atom stereocenters. The van der Waals surface area contributed by atoms with E-state index in [1.54, 1.807) is 0 Å². The van der Waals surface area contributed by atoms with Gasteiger partial charge in [-0.1, -0.05) is 37.5 Å². The maximum atomic E-state index is 3.64. The van der Waals surface area contributed by atoms with Crippen LogP contribution in [0.25, 0.3) is 0 Å². The van der Waals surface area contributed by atoms with Crippen molar-refractivity contribution >= 4 is 5.69 Å². The topological polar surface area (TPSA) is 12.0 Å². The van der Waals surface area contributed by atoms with E-state index in [0.717, 1.165) is 5.92 Å². The molecule has 0 saturated heterocycles. The van der Waals surface area contributed by atoms with Crippen LogP contribution < -0.4 is 5.32 Å². The number of hydrogen-bond acceptors (Lipinski definition) is 1.